The van der Waals surface area contributed by atoms with Crippen molar-refractivity contribution < 1.29 is 4.79 Å². The highest BCUT2D eigenvalue weighted by atomic mass is 32.2. The van der Waals surface area contributed by atoms with Crippen LogP contribution in [0.5, 0.6) is 0 Å². The molecule has 1 N–H and O–H groups in total. The first-order valence-electron chi connectivity index (χ1n) is 7.02. The summed E-state index contributed by atoms with van der Waals surface area (Å²) in [5.41, 5.74) is 0. The normalized spacial score (nSPS) is 29.0. The zero-order valence-corrected chi connectivity index (χ0v) is 12.3. The van der Waals surface area contributed by atoms with Crippen molar-refractivity contribution >= 4 is 17.7 Å². The highest BCUT2D eigenvalue weighted by Crippen LogP contribution is 2.29. The van der Waals surface area contributed by atoms with Crippen LogP contribution in [-0.4, -0.2) is 23.5 Å². The number of nitrogens with one attached hydrogen (secondary N) is 1. The Balaban J connectivity index is 2.20. The van der Waals surface area contributed by atoms with Gasteiger partial charge in [-0.25, -0.2) is 0 Å². The van der Waals surface area contributed by atoms with Crippen molar-refractivity contribution in [2.24, 2.45) is 11.8 Å². The second kappa shape index (κ2) is 8.02. The van der Waals surface area contributed by atoms with Gasteiger partial charge in [-0.3, -0.25) is 4.79 Å². The van der Waals surface area contributed by atoms with Crippen LogP contribution < -0.4 is 5.32 Å². The van der Waals surface area contributed by atoms with Gasteiger partial charge in [0.05, 0.1) is 5.75 Å². The van der Waals surface area contributed by atoms with Crippen molar-refractivity contribution in [2.75, 3.05) is 11.5 Å². The van der Waals surface area contributed by atoms with Gasteiger partial charge >= 0.3 is 0 Å². The van der Waals surface area contributed by atoms with Gasteiger partial charge in [-0.05, 0) is 30.4 Å². The number of hydrogen-bond donors (Lipinski definition) is 1. The van der Waals surface area contributed by atoms with Gasteiger partial charge in [0, 0.05) is 6.04 Å². The first-order chi connectivity index (χ1) is 8.15. The van der Waals surface area contributed by atoms with E-state index in [1.807, 2.05) is 0 Å². The van der Waals surface area contributed by atoms with Crippen molar-refractivity contribution in [1.82, 2.24) is 5.32 Å². The van der Waals surface area contributed by atoms with E-state index >= 15 is 0 Å². The topological polar surface area (TPSA) is 29.1 Å². The van der Waals surface area contributed by atoms with Crippen LogP contribution in [0.15, 0.2) is 0 Å². The fourth-order valence-electron chi connectivity index (χ4n) is 2.45. The van der Waals surface area contributed by atoms with Gasteiger partial charge in [0.2, 0.25) is 5.91 Å². The molecule has 0 heterocycles. The van der Waals surface area contributed by atoms with Crippen LogP contribution in [0.2, 0.25) is 0 Å². The third kappa shape index (κ3) is 5.33. The van der Waals surface area contributed by atoms with Gasteiger partial charge in [-0.15, -0.1) is 0 Å². The van der Waals surface area contributed by atoms with Crippen LogP contribution in [0.1, 0.15) is 52.9 Å². The number of carbonyl (C=O) groups excluding carboxylic acids is 1. The lowest BCUT2D eigenvalue weighted by Gasteiger charge is -2.34. The molecule has 3 heteroatoms. The summed E-state index contributed by atoms with van der Waals surface area (Å²) in [6.45, 7) is 6.77. The summed E-state index contributed by atoms with van der Waals surface area (Å²) in [6.07, 6.45) is 6.18. The second-order valence-corrected chi connectivity index (χ2v) is 6.45. The molecule has 1 aliphatic carbocycles. The minimum Gasteiger partial charge on any atom is -0.352 e. The molecule has 100 valence electrons. The number of hydrogen-bond acceptors (Lipinski definition) is 2. The number of carbonyl (C=O) groups is 1. The van der Waals surface area contributed by atoms with Crippen molar-refractivity contribution in [3.63, 3.8) is 0 Å². The zero-order chi connectivity index (χ0) is 12.7. The number of amides is 1. The Bertz CT molecular complexity index is 232. The molecular formula is C14H27NOS. The Morgan fingerprint density at radius 1 is 1.35 bits per heavy atom. The minimum absolute atomic E-state index is 0.233. The Morgan fingerprint density at radius 3 is 2.82 bits per heavy atom. The van der Waals surface area contributed by atoms with Crippen LogP contribution in [0.3, 0.4) is 0 Å². The molecule has 0 spiro atoms. The molecule has 1 fully saturated rings. The summed E-state index contributed by atoms with van der Waals surface area (Å²) in [7, 11) is 0. The summed E-state index contributed by atoms with van der Waals surface area (Å²) in [5, 5.41) is 3.22. The predicted octanol–water partition coefficient (Wildman–Crippen LogP) is 3.46. The molecule has 0 aromatic heterocycles. The predicted molar refractivity (Wildman–Crippen MR) is 76.3 cm³/mol. The second-order valence-electron chi connectivity index (χ2n) is 5.35. The summed E-state index contributed by atoms with van der Waals surface area (Å²) in [6, 6.07) is 0.415. The molecule has 1 rings (SSSR count). The van der Waals surface area contributed by atoms with E-state index in [4.69, 9.17) is 0 Å². The number of rotatable bonds is 6. The van der Waals surface area contributed by atoms with E-state index in [-0.39, 0.29) is 5.91 Å². The smallest absolute Gasteiger partial charge is 0.230 e. The molecule has 3 atom stereocenters. The highest BCUT2D eigenvalue weighted by Gasteiger charge is 2.27. The molecule has 0 aromatic carbocycles. The molecule has 0 saturated heterocycles. The average molecular weight is 257 g/mol. The fourth-order valence-corrected chi connectivity index (χ4v) is 3.35. The summed E-state index contributed by atoms with van der Waals surface area (Å²) >= 11 is 1.76. The molecule has 17 heavy (non-hydrogen) atoms. The lowest BCUT2D eigenvalue weighted by molar-refractivity contribution is -0.119. The van der Waals surface area contributed by atoms with Crippen molar-refractivity contribution in [1.29, 1.82) is 0 Å². The van der Waals surface area contributed by atoms with E-state index in [1.54, 1.807) is 11.8 Å². The summed E-state index contributed by atoms with van der Waals surface area (Å²) in [5.74, 6) is 3.37. The quantitative estimate of drug-likeness (QED) is 0.738. The lowest BCUT2D eigenvalue weighted by Crippen LogP contribution is -2.44. The Kier molecular flexibility index (Phi) is 7.02. The van der Waals surface area contributed by atoms with E-state index in [1.165, 1.54) is 25.7 Å². The third-order valence-electron chi connectivity index (χ3n) is 3.93. The SMILES string of the molecule is CCCCSCC(=O)NC1CCCC(C)C1C. The molecule has 3 unspecified atom stereocenters. The molecule has 0 aromatic rings. The Labute approximate surface area is 110 Å². The summed E-state index contributed by atoms with van der Waals surface area (Å²) < 4.78 is 0. The first-order valence-corrected chi connectivity index (χ1v) is 8.17. The minimum atomic E-state index is 0.233. The van der Waals surface area contributed by atoms with Crippen LogP contribution in [-0.2, 0) is 4.79 Å². The van der Waals surface area contributed by atoms with Crippen LogP contribution >= 0.6 is 11.8 Å². The molecular weight excluding hydrogens is 230 g/mol. The summed E-state index contributed by atoms with van der Waals surface area (Å²) in [4.78, 5) is 11.8. The maximum atomic E-state index is 11.8. The van der Waals surface area contributed by atoms with Gasteiger partial charge in [0.1, 0.15) is 0 Å². The molecule has 1 saturated carbocycles. The van der Waals surface area contributed by atoms with Crippen molar-refractivity contribution in [2.45, 2.75) is 58.9 Å². The van der Waals surface area contributed by atoms with Gasteiger partial charge in [0.25, 0.3) is 0 Å². The maximum absolute atomic E-state index is 11.8. The Morgan fingerprint density at radius 2 is 2.12 bits per heavy atom. The lowest BCUT2D eigenvalue weighted by atomic mass is 9.78. The average Bonchev–Trinajstić information content (AvgIpc) is 2.31. The van der Waals surface area contributed by atoms with E-state index in [9.17, 15) is 4.79 Å². The first kappa shape index (κ1) is 14.9. The monoisotopic (exact) mass is 257 g/mol. The van der Waals surface area contributed by atoms with E-state index in [2.05, 4.69) is 26.1 Å². The number of thioether (sulfide) groups is 1. The van der Waals surface area contributed by atoms with Crippen LogP contribution in [0, 0.1) is 11.8 Å². The Hall–Kier alpha value is -0.180. The third-order valence-corrected chi connectivity index (χ3v) is 4.97. The zero-order valence-electron chi connectivity index (χ0n) is 11.5. The van der Waals surface area contributed by atoms with Crippen LogP contribution in [0.4, 0.5) is 0 Å². The van der Waals surface area contributed by atoms with Gasteiger partial charge in [-0.2, -0.15) is 11.8 Å². The largest absolute Gasteiger partial charge is 0.352 e. The van der Waals surface area contributed by atoms with Gasteiger partial charge in [0.15, 0.2) is 0 Å². The molecule has 0 aliphatic heterocycles. The standard InChI is InChI=1S/C14H27NOS/c1-4-5-9-17-10-14(16)15-13-8-6-7-11(2)12(13)3/h11-13H,4-10H2,1-3H3,(H,15,16). The molecule has 1 amide bonds. The fraction of sp³-hybridized carbons (Fsp3) is 0.929. The molecule has 0 bridgehead atoms. The van der Waals surface area contributed by atoms with Crippen LogP contribution in [0.25, 0.3) is 0 Å². The molecule has 2 nitrogen and oxygen atoms in total. The van der Waals surface area contributed by atoms with E-state index < -0.39 is 0 Å². The molecule has 0 radical (unpaired) electrons. The maximum Gasteiger partial charge on any atom is 0.230 e. The number of unbranched alkanes of at least 4 members (excludes halogenated alkanes) is 1. The highest BCUT2D eigenvalue weighted by molar-refractivity contribution is 7.99. The van der Waals surface area contributed by atoms with E-state index in [0.29, 0.717) is 17.7 Å². The van der Waals surface area contributed by atoms with Gasteiger partial charge in [-0.1, -0.05) is 40.0 Å². The van der Waals surface area contributed by atoms with Crippen molar-refractivity contribution in [3.8, 4) is 0 Å². The van der Waals surface area contributed by atoms with Gasteiger partial charge < -0.3 is 5.32 Å². The van der Waals surface area contributed by atoms with Crippen molar-refractivity contribution in [3.05, 3.63) is 0 Å². The molecule has 1 aliphatic rings. The van der Waals surface area contributed by atoms with E-state index in [0.717, 1.165) is 18.1 Å².